The van der Waals surface area contributed by atoms with Crippen molar-refractivity contribution in [2.24, 2.45) is 0 Å². The Labute approximate surface area is 148 Å². The molecule has 1 aromatic carbocycles. The summed E-state index contributed by atoms with van der Waals surface area (Å²) in [5.41, 5.74) is 1.09. The van der Waals surface area contributed by atoms with Gasteiger partial charge >= 0.3 is 0 Å². The fraction of sp³-hybridized carbons (Fsp3) is 0.529. The maximum atomic E-state index is 12.4. The zero-order chi connectivity index (χ0) is 17.7. The summed E-state index contributed by atoms with van der Waals surface area (Å²) in [5.74, 6) is 0.0610. The lowest BCUT2D eigenvalue weighted by Gasteiger charge is -2.36. The second-order valence-electron chi connectivity index (χ2n) is 6.31. The molecular weight excluding hydrogens is 328 g/mol. The fourth-order valence-electron chi connectivity index (χ4n) is 2.65. The molecular formula is C17H25ClN4O2. The van der Waals surface area contributed by atoms with E-state index in [1.165, 1.54) is 4.90 Å². The molecule has 1 saturated heterocycles. The molecule has 0 unspecified atom stereocenters. The Kier molecular flexibility index (Phi) is 6.45. The van der Waals surface area contributed by atoms with Crippen LogP contribution in [0.15, 0.2) is 24.3 Å². The number of anilines is 1. The smallest absolute Gasteiger partial charge is 0.236 e. The highest BCUT2D eigenvalue weighted by Crippen LogP contribution is 2.20. The maximum Gasteiger partial charge on any atom is 0.236 e. The summed E-state index contributed by atoms with van der Waals surface area (Å²) in [6, 6.07) is 7.77. The van der Waals surface area contributed by atoms with Crippen LogP contribution in [0.25, 0.3) is 0 Å². The zero-order valence-corrected chi connectivity index (χ0v) is 15.3. The molecule has 0 bridgehead atoms. The molecule has 2 rings (SSSR count). The Balaban J connectivity index is 1.81. The number of benzene rings is 1. The Bertz CT molecular complexity index is 586. The van der Waals surface area contributed by atoms with Crippen LogP contribution in [0.1, 0.15) is 0 Å². The van der Waals surface area contributed by atoms with Crippen LogP contribution in [0.3, 0.4) is 0 Å². The quantitative estimate of drug-likeness (QED) is 0.793. The SMILES string of the molecule is CN(CC(=O)N(C)C)CC(=O)N1CCN(c2cccc(Cl)c2)CC1. The second kappa shape index (κ2) is 8.35. The van der Waals surface area contributed by atoms with Crippen LogP contribution in [0, 0.1) is 0 Å². The van der Waals surface area contributed by atoms with Crippen LogP contribution in [0.4, 0.5) is 5.69 Å². The molecule has 0 aliphatic carbocycles. The minimum Gasteiger partial charge on any atom is -0.368 e. The third kappa shape index (κ3) is 5.11. The molecule has 1 aliphatic rings. The molecule has 0 radical (unpaired) electrons. The largest absolute Gasteiger partial charge is 0.368 e. The van der Waals surface area contributed by atoms with Crippen molar-refractivity contribution in [1.29, 1.82) is 0 Å². The van der Waals surface area contributed by atoms with E-state index in [0.29, 0.717) is 13.1 Å². The van der Waals surface area contributed by atoms with Gasteiger partial charge in [0.1, 0.15) is 0 Å². The summed E-state index contributed by atoms with van der Waals surface area (Å²) in [4.78, 5) is 31.4. The maximum absolute atomic E-state index is 12.4. The molecule has 132 valence electrons. The molecule has 6 nitrogen and oxygen atoms in total. The predicted octanol–water partition coefficient (Wildman–Crippen LogP) is 1.01. The zero-order valence-electron chi connectivity index (χ0n) is 14.5. The number of halogens is 1. The number of hydrogen-bond donors (Lipinski definition) is 0. The van der Waals surface area contributed by atoms with Crippen LogP contribution in [-0.4, -0.2) is 86.9 Å². The van der Waals surface area contributed by atoms with E-state index >= 15 is 0 Å². The van der Waals surface area contributed by atoms with Crippen molar-refractivity contribution in [2.45, 2.75) is 0 Å². The lowest BCUT2D eigenvalue weighted by atomic mass is 10.2. The first kappa shape index (κ1) is 18.5. The molecule has 7 heteroatoms. The number of likely N-dealkylation sites (N-methyl/N-ethyl adjacent to an activating group) is 2. The van der Waals surface area contributed by atoms with E-state index < -0.39 is 0 Å². The summed E-state index contributed by atoms with van der Waals surface area (Å²) in [6.45, 7) is 3.44. The molecule has 1 aliphatic heterocycles. The molecule has 1 fully saturated rings. The number of carbonyl (C=O) groups is 2. The van der Waals surface area contributed by atoms with Gasteiger partial charge in [-0.3, -0.25) is 14.5 Å². The van der Waals surface area contributed by atoms with Gasteiger partial charge in [-0.2, -0.15) is 0 Å². The molecule has 0 saturated carbocycles. The minimum absolute atomic E-state index is 0.00363. The van der Waals surface area contributed by atoms with Crippen molar-refractivity contribution in [1.82, 2.24) is 14.7 Å². The van der Waals surface area contributed by atoms with Gasteiger partial charge in [-0.1, -0.05) is 17.7 Å². The van der Waals surface area contributed by atoms with Crippen LogP contribution in [0.2, 0.25) is 5.02 Å². The Hall–Kier alpha value is -1.79. The highest BCUT2D eigenvalue weighted by Gasteiger charge is 2.22. The second-order valence-corrected chi connectivity index (χ2v) is 6.74. The van der Waals surface area contributed by atoms with Gasteiger partial charge in [0.25, 0.3) is 0 Å². The highest BCUT2D eigenvalue weighted by molar-refractivity contribution is 6.30. The standard InChI is InChI=1S/C17H25ClN4O2/c1-19(2)16(23)12-20(3)13-17(24)22-9-7-21(8-10-22)15-6-4-5-14(18)11-15/h4-6,11H,7-10,12-13H2,1-3H3. The number of piperazine rings is 1. The molecule has 2 amide bonds. The molecule has 1 aromatic rings. The van der Waals surface area contributed by atoms with Gasteiger partial charge in [-0.15, -0.1) is 0 Å². The third-order valence-electron chi connectivity index (χ3n) is 4.11. The monoisotopic (exact) mass is 352 g/mol. The van der Waals surface area contributed by atoms with Crippen molar-refractivity contribution in [3.05, 3.63) is 29.3 Å². The van der Waals surface area contributed by atoms with Crippen molar-refractivity contribution in [2.75, 3.05) is 65.3 Å². The van der Waals surface area contributed by atoms with Gasteiger partial charge in [-0.05, 0) is 25.2 Å². The van der Waals surface area contributed by atoms with E-state index in [1.807, 2.05) is 29.2 Å². The van der Waals surface area contributed by atoms with Crippen LogP contribution in [0.5, 0.6) is 0 Å². The summed E-state index contributed by atoms with van der Waals surface area (Å²) in [6.07, 6.45) is 0. The topological polar surface area (TPSA) is 47.1 Å². The van der Waals surface area contributed by atoms with Gasteiger partial charge < -0.3 is 14.7 Å². The lowest BCUT2D eigenvalue weighted by molar-refractivity contribution is -0.134. The molecule has 0 spiro atoms. The van der Waals surface area contributed by atoms with Crippen molar-refractivity contribution in [3.63, 3.8) is 0 Å². The van der Waals surface area contributed by atoms with Gasteiger partial charge in [-0.25, -0.2) is 0 Å². The first-order valence-corrected chi connectivity index (χ1v) is 8.41. The summed E-state index contributed by atoms with van der Waals surface area (Å²) in [5, 5.41) is 0.721. The van der Waals surface area contributed by atoms with Gasteiger partial charge in [0, 0.05) is 51.0 Å². The summed E-state index contributed by atoms with van der Waals surface area (Å²) in [7, 11) is 5.22. The van der Waals surface area contributed by atoms with E-state index in [9.17, 15) is 9.59 Å². The van der Waals surface area contributed by atoms with E-state index in [-0.39, 0.29) is 24.9 Å². The van der Waals surface area contributed by atoms with E-state index in [1.54, 1.807) is 26.0 Å². The molecule has 1 heterocycles. The average Bonchev–Trinajstić information content (AvgIpc) is 2.54. The normalized spacial score (nSPS) is 14.9. The van der Waals surface area contributed by atoms with Crippen molar-refractivity contribution < 1.29 is 9.59 Å². The van der Waals surface area contributed by atoms with Crippen molar-refractivity contribution in [3.8, 4) is 0 Å². The fourth-order valence-corrected chi connectivity index (χ4v) is 2.83. The lowest BCUT2D eigenvalue weighted by Crippen LogP contribution is -2.51. The van der Waals surface area contributed by atoms with Crippen molar-refractivity contribution >= 4 is 29.1 Å². The number of hydrogen-bond acceptors (Lipinski definition) is 4. The first-order valence-electron chi connectivity index (χ1n) is 8.04. The molecule has 0 aromatic heterocycles. The van der Waals surface area contributed by atoms with Gasteiger partial charge in [0.15, 0.2) is 0 Å². The Morgan fingerprint density at radius 2 is 1.75 bits per heavy atom. The van der Waals surface area contributed by atoms with E-state index in [0.717, 1.165) is 23.8 Å². The van der Waals surface area contributed by atoms with E-state index in [2.05, 4.69) is 4.90 Å². The van der Waals surface area contributed by atoms with Gasteiger partial charge in [0.05, 0.1) is 13.1 Å². The molecule has 0 atom stereocenters. The van der Waals surface area contributed by atoms with Gasteiger partial charge in [0.2, 0.25) is 11.8 Å². The predicted molar refractivity (Wildman–Crippen MR) is 96.4 cm³/mol. The van der Waals surface area contributed by atoms with Crippen LogP contribution < -0.4 is 4.90 Å². The molecule has 24 heavy (non-hydrogen) atoms. The highest BCUT2D eigenvalue weighted by atomic mass is 35.5. The number of carbonyl (C=O) groups excluding carboxylic acids is 2. The number of nitrogens with zero attached hydrogens (tertiary/aromatic N) is 4. The average molecular weight is 353 g/mol. The van der Waals surface area contributed by atoms with Crippen LogP contribution in [-0.2, 0) is 9.59 Å². The third-order valence-corrected chi connectivity index (χ3v) is 4.35. The minimum atomic E-state index is -0.00363. The molecule has 0 N–H and O–H groups in total. The summed E-state index contributed by atoms with van der Waals surface area (Å²) >= 11 is 6.04. The van der Waals surface area contributed by atoms with Crippen LogP contribution >= 0.6 is 11.6 Å². The number of amides is 2. The Morgan fingerprint density at radius 1 is 1.08 bits per heavy atom. The Morgan fingerprint density at radius 3 is 2.33 bits per heavy atom. The summed E-state index contributed by atoms with van der Waals surface area (Å²) < 4.78 is 0. The number of rotatable bonds is 5. The van der Waals surface area contributed by atoms with E-state index in [4.69, 9.17) is 11.6 Å². The first-order chi connectivity index (χ1) is 11.4.